The smallest absolute Gasteiger partial charge is 0.257 e. The van der Waals surface area contributed by atoms with Gasteiger partial charge in [0.15, 0.2) is 11.5 Å². The summed E-state index contributed by atoms with van der Waals surface area (Å²) in [4.78, 5) is 14.5. The molecule has 1 aromatic carbocycles. The number of carbonyl (C=O) groups excluding carboxylic acids is 1. The Hall–Kier alpha value is -1.91. The van der Waals surface area contributed by atoms with Gasteiger partial charge in [-0.1, -0.05) is 0 Å². The van der Waals surface area contributed by atoms with Crippen molar-refractivity contribution in [2.45, 2.75) is 19.3 Å². The average Bonchev–Trinajstić information content (AvgIpc) is 2.54. The third kappa shape index (κ3) is 2.28. The van der Waals surface area contributed by atoms with Gasteiger partial charge < -0.3 is 19.7 Å². The van der Waals surface area contributed by atoms with Crippen LogP contribution in [-0.4, -0.2) is 44.2 Å². The molecule has 1 aromatic rings. The van der Waals surface area contributed by atoms with Gasteiger partial charge in [0.2, 0.25) is 0 Å². The van der Waals surface area contributed by atoms with E-state index in [0.29, 0.717) is 23.7 Å². The van der Waals surface area contributed by atoms with Crippen LogP contribution in [0.2, 0.25) is 0 Å². The molecule has 1 fully saturated rings. The van der Waals surface area contributed by atoms with Crippen LogP contribution in [0.25, 0.3) is 0 Å². The van der Waals surface area contributed by atoms with Crippen molar-refractivity contribution in [1.82, 2.24) is 4.90 Å². The van der Waals surface area contributed by atoms with Crippen molar-refractivity contribution >= 4 is 11.6 Å². The molecule has 2 aliphatic rings. The van der Waals surface area contributed by atoms with Crippen LogP contribution in [0.1, 0.15) is 29.6 Å². The molecule has 3 rings (SSSR count). The molecule has 0 radical (unpaired) electrons. The van der Waals surface area contributed by atoms with E-state index >= 15 is 0 Å². The summed E-state index contributed by atoms with van der Waals surface area (Å²) < 4.78 is 11.1. The highest BCUT2D eigenvalue weighted by Crippen LogP contribution is 2.40. The maximum Gasteiger partial charge on any atom is 0.257 e. The normalized spacial score (nSPS) is 17.8. The van der Waals surface area contributed by atoms with Gasteiger partial charge in [0, 0.05) is 19.6 Å². The van der Waals surface area contributed by atoms with Gasteiger partial charge in [0.1, 0.15) is 6.61 Å². The molecule has 20 heavy (non-hydrogen) atoms. The minimum absolute atomic E-state index is 0.0403. The molecule has 0 aliphatic carbocycles. The Kier molecular flexibility index (Phi) is 3.67. The summed E-state index contributed by atoms with van der Waals surface area (Å²) in [6, 6.07) is 3.73. The lowest BCUT2D eigenvalue weighted by Gasteiger charge is -2.28. The van der Waals surface area contributed by atoms with Crippen LogP contribution in [-0.2, 0) is 0 Å². The number of nitrogens with one attached hydrogen (secondary N) is 1. The predicted octanol–water partition coefficient (Wildman–Crippen LogP) is 2.13. The predicted molar refractivity (Wildman–Crippen MR) is 76.7 cm³/mol. The van der Waals surface area contributed by atoms with E-state index in [1.807, 2.05) is 17.0 Å². The van der Waals surface area contributed by atoms with Crippen LogP contribution >= 0.6 is 0 Å². The van der Waals surface area contributed by atoms with Crippen LogP contribution in [0.15, 0.2) is 12.1 Å². The van der Waals surface area contributed by atoms with Gasteiger partial charge in [-0.05, 0) is 31.4 Å². The SMILES string of the molecule is COc1c(C(=O)N2CCCCC2)ccc2c1OCCN2. The molecule has 5 heteroatoms. The molecular formula is C15H20N2O3. The van der Waals surface area contributed by atoms with Crippen molar-refractivity contribution in [2.24, 2.45) is 0 Å². The van der Waals surface area contributed by atoms with Crippen molar-refractivity contribution in [3.05, 3.63) is 17.7 Å². The van der Waals surface area contributed by atoms with Crippen LogP contribution in [0, 0.1) is 0 Å². The number of ether oxygens (including phenoxy) is 2. The van der Waals surface area contributed by atoms with Gasteiger partial charge in [0.25, 0.3) is 5.91 Å². The molecule has 1 N–H and O–H groups in total. The summed E-state index contributed by atoms with van der Waals surface area (Å²) in [5.41, 5.74) is 1.49. The van der Waals surface area contributed by atoms with Gasteiger partial charge in [-0.15, -0.1) is 0 Å². The maximum absolute atomic E-state index is 12.6. The summed E-state index contributed by atoms with van der Waals surface area (Å²) in [6.07, 6.45) is 3.37. The number of anilines is 1. The van der Waals surface area contributed by atoms with E-state index in [2.05, 4.69) is 5.32 Å². The summed E-state index contributed by atoms with van der Waals surface area (Å²) in [6.45, 7) is 3.02. The second-order valence-electron chi connectivity index (χ2n) is 5.15. The zero-order chi connectivity index (χ0) is 13.9. The maximum atomic E-state index is 12.6. The Morgan fingerprint density at radius 1 is 1.30 bits per heavy atom. The molecule has 2 heterocycles. The average molecular weight is 276 g/mol. The summed E-state index contributed by atoms with van der Waals surface area (Å²) in [5.74, 6) is 1.24. The molecule has 0 saturated carbocycles. The van der Waals surface area contributed by atoms with E-state index in [1.165, 1.54) is 6.42 Å². The fourth-order valence-electron chi connectivity index (χ4n) is 2.82. The number of fused-ring (bicyclic) bond motifs is 1. The van der Waals surface area contributed by atoms with Gasteiger partial charge >= 0.3 is 0 Å². The lowest BCUT2D eigenvalue weighted by Crippen LogP contribution is -2.36. The molecule has 1 amide bonds. The third-order valence-electron chi connectivity index (χ3n) is 3.85. The molecular weight excluding hydrogens is 256 g/mol. The van der Waals surface area contributed by atoms with E-state index in [9.17, 15) is 4.79 Å². The minimum Gasteiger partial charge on any atom is -0.492 e. The first-order valence-corrected chi connectivity index (χ1v) is 7.18. The van der Waals surface area contributed by atoms with Crippen molar-refractivity contribution < 1.29 is 14.3 Å². The quantitative estimate of drug-likeness (QED) is 0.899. The molecule has 0 spiro atoms. The molecule has 2 aliphatic heterocycles. The van der Waals surface area contributed by atoms with E-state index in [-0.39, 0.29) is 5.91 Å². The van der Waals surface area contributed by atoms with Crippen molar-refractivity contribution in [1.29, 1.82) is 0 Å². The first-order valence-electron chi connectivity index (χ1n) is 7.18. The molecule has 0 unspecified atom stereocenters. The molecule has 1 saturated heterocycles. The Morgan fingerprint density at radius 3 is 2.85 bits per heavy atom. The van der Waals surface area contributed by atoms with Crippen LogP contribution in [0.3, 0.4) is 0 Å². The van der Waals surface area contributed by atoms with E-state index in [1.54, 1.807) is 7.11 Å². The summed E-state index contributed by atoms with van der Waals surface area (Å²) in [7, 11) is 1.58. The zero-order valence-electron chi connectivity index (χ0n) is 11.8. The molecule has 0 atom stereocenters. The lowest BCUT2D eigenvalue weighted by molar-refractivity contribution is 0.0720. The van der Waals surface area contributed by atoms with Gasteiger partial charge in [-0.3, -0.25) is 4.79 Å². The second kappa shape index (κ2) is 5.61. The third-order valence-corrected chi connectivity index (χ3v) is 3.85. The number of likely N-dealkylation sites (tertiary alicyclic amines) is 1. The number of amides is 1. The van der Waals surface area contributed by atoms with Crippen LogP contribution in [0.5, 0.6) is 11.5 Å². The largest absolute Gasteiger partial charge is 0.492 e. The Bertz CT molecular complexity index is 510. The molecule has 5 nitrogen and oxygen atoms in total. The Balaban J connectivity index is 1.94. The Labute approximate surface area is 118 Å². The zero-order valence-corrected chi connectivity index (χ0v) is 11.8. The number of methoxy groups -OCH3 is 1. The van der Waals surface area contributed by atoms with Crippen molar-refractivity contribution in [2.75, 3.05) is 38.7 Å². The topological polar surface area (TPSA) is 50.8 Å². The Morgan fingerprint density at radius 2 is 2.10 bits per heavy atom. The van der Waals surface area contributed by atoms with Gasteiger partial charge in [-0.2, -0.15) is 0 Å². The number of hydrogen-bond acceptors (Lipinski definition) is 4. The second-order valence-corrected chi connectivity index (χ2v) is 5.15. The number of piperidine rings is 1. The first-order chi connectivity index (χ1) is 9.81. The van der Waals surface area contributed by atoms with E-state index in [4.69, 9.17) is 9.47 Å². The highest BCUT2D eigenvalue weighted by molar-refractivity contribution is 5.99. The lowest BCUT2D eigenvalue weighted by atomic mass is 10.1. The number of carbonyl (C=O) groups is 1. The number of nitrogens with zero attached hydrogens (tertiary/aromatic N) is 1. The van der Waals surface area contributed by atoms with Crippen LogP contribution < -0.4 is 14.8 Å². The highest BCUT2D eigenvalue weighted by Gasteiger charge is 2.26. The van der Waals surface area contributed by atoms with Crippen molar-refractivity contribution in [3.63, 3.8) is 0 Å². The summed E-state index contributed by atoms with van der Waals surface area (Å²) in [5, 5.41) is 3.25. The first kappa shape index (κ1) is 13.1. The fourth-order valence-corrected chi connectivity index (χ4v) is 2.82. The number of hydrogen-bond donors (Lipinski definition) is 1. The minimum atomic E-state index is 0.0403. The van der Waals surface area contributed by atoms with Gasteiger partial charge in [0.05, 0.1) is 18.4 Å². The van der Waals surface area contributed by atoms with Crippen LogP contribution in [0.4, 0.5) is 5.69 Å². The number of rotatable bonds is 2. The molecule has 108 valence electrons. The highest BCUT2D eigenvalue weighted by atomic mass is 16.5. The summed E-state index contributed by atoms with van der Waals surface area (Å²) >= 11 is 0. The fraction of sp³-hybridized carbons (Fsp3) is 0.533. The van der Waals surface area contributed by atoms with Gasteiger partial charge in [-0.25, -0.2) is 0 Å². The van der Waals surface area contributed by atoms with Crippen molar-refractivity contribution in [3.8, 4) is 11.5 Å². The monoisotopic (exact) mass is 276 g/mol. The molecule has 0 bridgehead atoms. The number of benzene rings is 1. The molecule has 0 aromatic heterocycles. The van der Waals surface area contributed by atoms with E-state index in [0.717, 1.165) is 38.2 Å². The standard InChI is InChI=1S/C15H20N2O3/c1-19-13-11(15(18)17-8-3-2-4-9-17)5-6-12-14(13)20-10-7-16-12/h5-6,16H,2-4,7-10H2,1H3. The van der Waals surface area contributed by atoms with E-state index < -0.39 is 0 Å².